The van der Waals surface area contributed by atoms with Gasteiger partial charge < -0.3 is 20.0 Å². The van der Waals surface area contributed by atoms with Gasteiger partial charge >= 0.3 is 0 Å². The summed E-state index contributed by atoms with van der Waals surface area (Å²) < 4.78 is 5.47. The summed E-state index contributed by atoms with van der Waals surface area (Å²) in [5.74, 6) is 3.20. The van der Waals surface area contributed by atoms with Crippen molar-refractivity contribution in [3.05, 3.63) is 53.9 Å². The minimum absolute atomic E-state index is 0. The number of carbonyl (C=O) groups is 1. The monoisotopic (exact) mass is 552 g/mol. The van der Waals surface area contributed by atoms with Crippen molar-refractivity contribution < 1.29 is 9.21 Å². The lowest BCUT2D eigenvalue weighted by atomic mass is 9.93. The van der Waals surface area contributed by atoms with Crippen LogP contribution in [0.1, 0.15) is 74.7 Å². The number of anilines is 1. The lowest BCUT2D eigenvalue weighted by molar-refractivity contribution is 0.0607. The number of nitrogens with one attached hydrogen (secondary N) is 3. The van der Waals surface area contributed by atoms with Gasteiger partial charge in [0.25, 0.3) is 5.91 Å². The van der Waals surface area contributed by atoms with Crippen molar-refractivity contribution in [2.75, 3.05) is 25.0 Å². The van der Waals surface area contributed by atoms with E-state index in [1.54, 1.807) is 12.5 Å². The van der Waals surface area contributed by atoms with Crippen LogP contribution in [0.4, 0.5) is 5.82 Å². The second-order valence-corrected chi connectivity index (χ2v) is 10.6. The van der Waals surface area contributed by atoms with Crippen LogP contribution in [0.25, 0.3) is 0 Å². The zero-order valence-electron chi connectivity index (χ0n) is 22.0. The van der Waals surface area contributed by atoms with Crippen LogP contribution in [-0.2, 0) is 12.0 Å². The molecule has 1 saturated heterocycles. The Kier molecular flexibility index (Phi) is 10.9. The largest absolute Gasteiger partial charge is 0.467 e. The van der Waals surface area contributed by atoms with E-state index in [4.69, 9.17) is 9.40 Å². The minimum Gasteiger partial charge on any atom is -0.467 e. The second-order valence-electron chi connectivity index (χ2n) is 10.6. The Morgan fingerprint density at radius 1 is 1.24 bits per heavy atom. The Labute approximate surface area is 230 Å². The fourth-order valence-corrected chi connectivity index (χ4v) is 4.34. The second kappa shape index (κ2) is 13.2. The third-order valence-corrected chi connectivity index (χ3v) is 6.11. The van der Waals surface area contributed by atoms with Crippen molar-refractivity contribution >= 4 is 36.5 Å². The Balaban J connectivity index is 0.00000241. The first-order valence-corrected chi connectivity index (χ1v) is 12.2. The summed E-state index contributed by atoms with van der Waals surface area (Å²) in [6, 6.07) is 3.74. The average Bonchev–Trinajstić information content (AvgIpc) is 3.54. The molecule has 3 aromatic heterocycles. The van der Waals surface area contributed by atoms with E-state index in [-0.39, 0.29) is 48.1 Å². The highest BCUT2D eigenvalue weighted by molar-refractivity contribution is 5.98. The van der Waals surface area contributed by atoms with Crippen LogP contribution in [-0.4, -0.2) is 61.6 Å². The number of carbonyl (C=O) groups excluding carboxylic acids is 1. The van der Waals surface area contributed by atoms with Gasteiger partial charge in [-0.2, -0.15) is 5.10 Å². The van der Waals surface area contributed by atoms with Gasteiger partial charge in [-0.05, 0) is 24.5 Å². The van der Waals surface area contributed by atoms with Gasteiger partial charge in [0.05, 0.1) is 12.8 Å². The molecule has 1 aliphatic heterocycles. The number of hydrogen-bond acceptors (Lipinski definition) is 8. The standard InChI is InChI=1S/C25H36N8O2.2ClH/c1-16(2)14-33(18-9-17(10-26-11-18)21-29-15-30-32-21)23(34)20-13-28-24(25(3,4)5)31-22(20)27-12-19-7-6-8-35-19;;/h6-8,13,15-18,26H,9-12,14H2,1-5H3,(H,27,28,31)(H,29,30,32);2*1H/t17-,18+;;/m1../s1. The van der Waals surface area contributed by atoms with Gasteiger partial charge in [-0.3, -0.25) is 9.89 Å². The lowest BCUT2D eigenvalue weighted by Crippen LogP contribution is -2.52. The van der Waals surface area contributed by atoms with E-state index in [0.717, 1.165) is 31.1 Å². The number of furan rings is 1. The van der Waals surface area contributed by atoms with Crippen molar-refractivity contribution in [3.63, 3.8) is 0 Å². The molecule has 10 nitrogen and oxygen atoms in total. The number of amides is 1. The zero-order valence-corrected chi connectivity index (χ0v) is 23.7. The Hall–Kier alpha value is -2.69. The number of hydrogen-bond donors (Lipinski definition) is 3. The molecule has 37 heavy (non-hydrogen) atoms. The molecule has 0 bridgehead atoms. The van der Waals surface area contributed by atoms with E-state index in [2.05, 4.69) is 65.4 Å². The molecule has 0 saturated carbocycles. The number of aromatic nitrogens is 5. The van der Waals surface area contributed by atoms with E-state index in [1.165, 1.54) is 6.33 Å². The average molecular weight is 554 g/mol. The van der Waals surface area contributed by atoms with Crippen molar-refractivity contribution in [2.45, 2.75) is 65.0 Å². The number of nitrogens with zero attached hydrogens (tertiary/aromatic N) is 5. The molecule has 0 unspecified atom stereocenters. The van der Waals surface area contributed by atoms with Crippen molar-refractivity contribution in [1.82, 2.24) is 35.4 Å². The zero-order chi connectivity index (χ0) is 25.0. The highest BCUT2D eigenvalue weighted by Gasteiger charge is 2.34. The van der Waals surface area contributed by atoms with Gasteiger partial charge in [-0.15, -0.1) is 24.8 Å². The minimum atomic E-state index is -0.252. The Morgan fingerprint density at radius 2 is 2.03 bits per heavy atom. The predicted octanol–water partition coefficient (Wildman–Crippen LogP) is 4.18. The molecule has 4 rings (SSSR count). The quantitative estimate of drug-likeness (QED) is 0.380. The molecule has 0 spiro atoms. The van der Waals surface area contributed by atoms with Crippen LogP contribution in [0.5, 0.6) is 0 Å². The number of H-pyrrole nitrogens is 1. The molecule has 12 heteroatoms. The van der Waals surface area contributed by atoms with E-state index in [9.17, 15) is 4.79 Å². The van der Waals surface area contributed by atoms with Gasteiger partial charge in [0.15, 0.2) is 0 Å². The first-order chi connectivity index (χ1) is 16.7. The van der Waals surface area contributed by atoms with Gasteiger partial charge in [0, 0.05) is 43.2 Å². The summed E-state index contributed by atoms with van der Waals surface area (Å²) in [7, 11) is 0. The van der Waals surface area contributed by atoms with Crippen LogP contribution in [0.15, 0.2) is 35.3 Å². The Bertz CT molecular complexity index is 1100. The van der Waals surface area contributed by atoms with Crippen LogP contribution in [0.2, 0.25) is 0 Å². The van der Waals surface area contributed by atoms with Crippen LogP contribution in [0, 0.1) is 5.92 Å². The molecule has 1 amide bonds. The maximum absolute atomic E-state index is 14.0. The molecule has 2 atom stereocenters. The Morgan fingerprint density at radius 3 is 2.65 bits per heavy atom. The molecule has 1 fully saturated rings. The molecular weight excluding hydrogens is 515 g/mol. The van der Waals surface area contributed by atoms with Gasteiger partial charge in [-0.25, -0.2) is 15.0 Å². The highest BCUT2D eigenvalue weighted by Crippen LogP contribution is 2.27. The summed E-state index contributed by atoms with van der Waals surface area (Å²) in [4.78, 5) is 29.7. The maximum Gasteiger partial charge on any atom is 0.259 e. The normalized spacial score (nSPS) is 17.6. The molecule has 0 radical (unpaired) electrons. The number of aromatic amines is 1. The van der Waals surface area contributed by atoms with Crippen LogP contribution in [0.3, 0.4) is 0 Å². The molecule has 3 aromatic rings. The fraction of sp³-hybridized carbons (Fsp3) is 0.560. The summed E-state index contributed by atoms with van der Waals surface area (Å²) >= 11 is 0. The van der Waals surface area contributed by atoms with E-state index < -0.39 is 0 Å². The van der Waals surface area contributed by atoms with E-state index in [0.29, 0.717) is 36.2 Å². The van der Waals surface area contributed by atoms with Crippen molar-refractivity contribution in [2.24, 2.45) is 5.92 Å². The molecule has 0 aliphatic carbocycles. The SMILES string of the molecule is CC(C)CN(C(=O)c1cnc(C(C)(C)C)nc1NCc1ccco1)[C@@H]1CNC[C@H](c2ncn[nH]2)C1.Cl.Cl. The molecular formula is C25H38Cl2N8O2. The maximum atomic E-state index is 14.0. The van der Waals surface area contributed by atoms with Crippen LogP contribution >= 0.6 is 24.8 Å². The summed E-state index contributed by atoms with van der Waals surface area (Å²) in [5, 5.41) is 13.8. The predicted molar refractivity (Wildman–Crippen MR) is 148 cm³/mol. The third kappa shape index (κ3) is 7.66. The first kappa shape index (κ1) is 30.5. The van der Waals surface area contributed by atoms with Crippen molar-refractivity contribution in [1.29, 1.82) is 0 Å². The summed E-state index contributed by atoms with van der Waals surface area (Å²) in [5.41, 5.74) is 0.213. The highest BCUT2D eigenvalue weighted by atomic mass is 35.5. The molecule has 3 N–H and O–H groups in total. The topological polar surface area (TPSA) is 125 Å². The van der Waals surface area contributed by atoms with Gasteiger partial charge in [-0.1, -0.05) is 34.6 Å². The number of piperidine rings is 1. The molecule has 1 aliphatic rings. The van der Waals surface area contributed by atoms with Gasteiger partial charge in [0.1, 0.15) is 35.1 Å². The smallest absolute Gasteiger partial charge is 0.259 e. The van der Waals surface area contributed by atoms with E-state index >= 15 is 0 Å². The fourth-order valence-electron chi connectivity index (χ4n) is 4.34. The molecule has 4 heterocycles. The van der Waals surface area contributed by atoms with Crippen LogP contribution < -0.4 is 10.6 Å². The number of halogens is 2. The lowest BCUT2D eigenvalue weighted by Gasteiger charge is -2.38. The van der Waals surface area contributed by atoms with Crippen molar-refractivity contribution in [3.8, 4) is 0 Å². The molecule has 0 aromatic carbocycles. The summed E-state index contributed by atoms with van der Waals surface area (Å²) in [6.45, 7) is 13.0. The first-order valence-electron chi connectivity index (χ1n) is 12.2. The van der Waals surface area contributed by atoms with Gasteiger partial charge in [0.2, 0.25) is 0 Å². The third-order valence-electron chi connectivity index (χ3n) is 6.11. The molecule has 204 valence electrons. The van der Waals surface area contributed by atoms with E-state index in [1.807, 2.05) is 17.0 Å². The summed E-state index contributed by atoms with van der Waals surface area (Å²) in [6.07, 6.45) is 5.63. The number of rotatable bonds is 8.